The number of amides is 3. The summed E-state index contributed by atoms with van der Waals surface area (Å²) < 4.78 is 22.8. The molecular weight excluding hydrogens is 320 g/mol. The van der Waals surface area contributed by atoms with Gasteiger partial charge < -0.3 is 5.32 Å². The van der Waals surface area contributed by atoms with Gasteiger partial charge in [0.25, 0.3) is 0 Å². The molecule has 9 heteroatoms. The third kappa shape index (κ3) is 5.97. The molecule has 1 aromatic rings. The van der Waals surface area contributed by atoms with Crippen molar-refractivity contribution in [1.82, 2.24) is 15.5 Å². The predicted octanol–water partition coefficient (Wildman–Crippen LogP) is 0.173. The highest BCUT2D eigenvalue weighted by atomic mass is 32.2. The van der Waals surface area contributed by atoms with Crippen LogP contribution in [-0.2, 0) is 14.8 Å². The lowest BCUT2D eigenvalue weighted by Gasteiger charge is -2.25. The van der Waals surface area contributed by atoms with Crippen molar-refractivity contribution in [3.8, 4) is 0 Å². The summed E-state index contributed by atoms with van der Waals surface area (Å²) in [6.07, 6.45) is 0.142. The average Bonchev–Trinajstić information content (AvgIpc) is 2.51. The van der Waals surface area contributed by atoms with Crippen molar-refractivity contribution in [2.45, 2.75) is 24.3 Å². The van der Waals surface area contributed by atoms with Crippen LogP contribution in [0.3, 0.4) is 0 Å². The lowest BCUT2D eigenvalue weighted by atomic mass is 10.1. The first-order valence-electron chi connectivity index (χ1n) is 6.99. The highest BCUT2D eigenvalue weighted by molar-refractivity contribution is 7.89. The van der Waals surface area contributed by atoms with Gasteiger partial charge in [-0.2, -0.15) is 0 Å². The van der Waals surface area contributed by atoms with Gasteiger partial charge in [-0.3, -0.25) is 15.0 Å². The summed E-state index contributed by atoms with van der Waals surface area (Å²) in [5, 5.41) is 9.61. The molecule has 1 aromatic carbocycles. The van der Waals surface area contributed by atoms with Gasteiger partial charge in [0.15, 0.2) is 0 Å². The van der Waals surface area contributed by atoms with Gasteiger partial charge in [0, 0.05) is 26.1 Å². The lowest BCUT2D eigenvalue weighted by Crippen LogP contribution is -2.39. The van der Waals surface area contributed by atoms with Gasteiger partial charge in [0.05, 0.1) is 4.90 Å². The molecule has 0 bridgehead atoms. The number of urea groups is 1. The first kappa shape index (κ1) is 19.1. The number of imide groups is 1. The fourth-order valence-corrected chi connectivity index (χ4v) is 2.50. The highest BCUT2D eigenvalue weighted by Crippen LogP contribution is 2.21. The van der Waals surface area contributed by atoms with Gasteiger partial charge in [0.2, 0.25) is 15.9 Å². The molecule has 0 spiro atoms. The van der Waals surface area contributed by atoms with Crippen LogP contribution in [0.15, 0.2) is 29.2 Å². The molecule has 0 heterocycles. The summed E-state index contributed by atoms with van der Waals surface area (Å²) in [6, 6.07) is 5.69. The third-order valence-corrected chi connectivity index (χ3v) is 4.41. The maximum absolute atomic E-state index is 11.6. The maximum Gasteiger partial charge on any atom is 0.321 e. The van der Waals surface area contributed by atoms with E-state index in [4.69, 9.17) is 5.14 Å². The van der Waals surface area contributed by atoms with Crippen LogP contribution in [0, 0.1) is 0 Å². The van der Waals surface area contributed by atoms with Crippen LogP contribution < -0.4 is 15.8 Å². The topological polar surface area (TPSA) is 122 Å². The standard InChI is InChI=1S/C14H22N4O4S/c1-10(11-5-4-6-12(9-11)23(15,21)22)18(3)8-7-13(19)17-14(20)16-2/h4-6,9-10H,7-8H2,1-3H3,(H2,15,21,22)(H2,16,17,19,20). The molecule has 1 atom stereocenters. The van der Waals surface area contributed by atoms with Gasteiger partial charge in [-0.1, -0.05) is 12.1 Å². The van der Waals surface area contributed by atoms with E-state index in [0.717, 1.165) is 5.56 Å². The number of nitrogens with zero attached hydrogens (tertiary/aromatic N) is 1. The highest BCUT2D eigenvalue weighted by Gasteiger charge is 2.16. The largest absolute Gasteiger partial charge is 0.341 e. The van der Waals surface area contributed by atoms with Crippen LogP contribution >= 0.6 is 0 Å². The van der Waals surface area contributed by atoms with E-state index in [1.807, 2.05) is 18.9 Å². The number of nitrogens with one attached hydrogen (secondary N) is 2. The lowest BCUT2D eigenvalue weighted by molar-refractivity contribution is -0.120. The van der Waals surface area contributed by atoms with Crippen LogP contribution in [0.1, 0.15) is 24.9 Å². The van der Waals surface area contributed by atoms with Gasteiger partial charge >= 0.3 is 6.03 Å². The molecule has 8 nitrogen and oxygen atoms in total. The molecule has 0 radical (unpaired) electrons. The van der Waals surface area contributed by atoms with Crippen molar-refractivity contribution in [2.75, 3.05) is 20.6 Å². The van der Waals surface area contributed by atoms with Crippen molar-refractivity contribution < 1.29 is 18.0 Å². The van der Waals surface area contributed by atoms with E-state index in [1.165, 1.54) is 19.2 Å². The number of carbonyl (C=O) groups excluding carboxylic acids is 2. The fourth-order valence-electron chi connectivity index (χ4n) is 1.93. The number of nitrogens with two attached hydrogens (primary N) is 1. The molecule has 128 valence electrons. The van der Waals surface area contributed by atoms with E-state index in [9.17, 15) is 18.0 Å². The second kappa shape index (κ2) is 8.04. The normalized spacial score (nSPS) is 12.7. The monoisotopic (exact) mass is 342 g/mol. The Labute approximate surface area is 136 Å². The summed E-state index contributed by atoms with van der Waals surface area (Å²) in [6.45, 7) is 2.29. The Morgan fingerprint density at radius 2 is 2.00 bits per heavy atom. The first-order valence-corrected chi connectivity index (χ1v) is 8.54. The molecule has 0 aromatic heterocycles. The number of hydrogen-bond acceptors (Lipinski definition) is 5. The SMILES string of the molecule is CNC(=O)NC(=O)CCN(C)C(C)c1cccc(S(N)(=O)=O)c1. The average molecular weight is 342 g/mol. The summed E-state index contributed by atoms with van der Waals surface area (Å²) in [5.41, 5.74) is 0.769. The minimum atomic E-state index is -3.75. The molecule has 0 saturated heterocycles. The quantitative estimate of drug-likeness (QED) is 0.680. The Hall–Kier alpha value is -1.97. The van der Waals surface area contributed by atoms with E-state index < -0.39 is 16.1 Å². The zero-order valence-corrected chi connectivity index (χ0v) is 14.2. The Morgan fingerprint density at radius 3 is 2.57 bits per heavy atom. The number of sulfonamides is 1. The number of rotatable bonds is 6. The van der Waals surface area contributed by atoms with Crippen LogP contribution in [0.4, 0.5) is 4.79 Å². The molecule has 3 amide bonds. The molecule has 0 aliphatic rings. The molecule has 1 rings (SSSR count). The van der Waals surface area contributed by atoms with Crippen LogP contribution in [-0.4, -0.2) is 45.9 Å². The molecular formula is C14H22N4O4S. The van der Waals surface area contributed by atoms with Crippen molar-refractivity contribution in [2.24, 2.45) is 5.14 Å². The van der Waals surface area contributed by atoms with Gasteiger partial charge in [0.1, 0.15) is 0 Å². The van der Waals surface area contributed by atoms with Gasteiger partial charge in [-0.15, -0.1) is 0 Å². The zero-order chi connectivity index (χ0) is 17.6. The predicted molar refractivity (Wildman–Crippen MR) is 86.1 cm³/mol. The van der Waals surface area contributed by atoms with Gasteiger partial charge in [-0.25, -0.2) is 18.4 Å². The molecule has 0 aliphatic carbocycles. The molecule has 1 unspecified atom stereocenters. The smallest absolute Gasteiger partial charge is 0.321 e. The molecule has 0 aliphatic heterocycles. The van der Waals surface area contributed by atoms with Crippen LogP contribution in [0.2, 0.25) is 0 Å². The summed E-state index contributed by atoms with van der Waals surface area (Å²) in [5.74, 6) is -0.387. The van der Waals surface area contributed by atoms with Crippen molar-refractivity contribution >= 4 is 22.0 Å². The van der Waals surface area contributed by atoms with Crippen molar-refractivity contribution in [3.05, 3.63) is 29.8 Å². The number of benzene rings is 1. The van der Waals surface area contributed by atoms with Crippen LogP contribution in [0.5, 0.6) is 0 Å². The molecule has 0 saturated carbocycles. The Kier molecular flexibility index (Phi) is 6.67. The number of hydrogen-bond donors (Lipinski definition) is 3. The van der Waals surface area contributed by atoms with E-state index in [2.05, 4.69) is 10.6 Å². The summed E-state index contributed by atoms with van der Waals surface area (Å²) in [4.78, 5) is 24.5. The van der Waals surface area contributed by atoms with E-state index >= 15 is 0 Å². The van der Waals surface area contributed by atoms with E-state index in [0.29, 0.717) is 6.54 Å². The minimum absolute atomic E-state index is 0.0487. The van der Waals surface area contributed by atoms with E-state index in [1.54, 1.807) is 12.1 Å². The number of primary sulfonamides is 1. The third-order valence-electron chi connectivity index (χ3n) is 3.50. The van der Waals surface area contributed by atoms with Crippen molar-refractivity contribution in [1.29, 1.82) is 0 Å². The second-order valence-electron chi connectivity index (χ2n) is 5.15. The Bertz CT molecular complexity index is 675. The second-order valence-corrected chi connectivity index (χ2v) is 6.71. The minimum Gasteiger partial charge on any atom is -0.341 e. The van der Waals surface area contributed by atoms with Crippen LogP contribution in [0.25, 0.3) is 0 Å². The Morgan fingerprint density at radius 1 is 1.35 bits per heavy atom. The Balaban J connectivity index is 2.68. The fraction of sp³-hybridized carbons (Fsp3) is 0.429. The number of carbonyl (C=O) groups is 2. The summed E-state index contributed by atoms with van der Waals surface area (Å²) in [7, 11) is -0.521. The maximum atomic E-state index is 11.6. The van der Waals surface area contributed by atoms with Crippen molar-refractivity contribution in [3.63, 3.8) is 0 Å². The zero-order valence-electron chi connectivity index (χ0n) is 13.4. The molecule has 0 fully saturated rings. The van der Waals surface area contributed by atoms with Gasteiger partial charge in [-0.05, 0) is 31.7 Å². The van der Waals surface area contributed by atoms with E-state index in [-0.39, 0.29) is 23.3 Å². The molecule has 23 heavy (non-hydrogen) atoms. The molecule has 4 N–H and O–H groups in total. The first-order chi connectivity index (χ1) is 10.6. The summed E-state index contributed by atoms with van der Waals surface area (Å²) >= 11 is 0.